The lowest BCUT2D eigenvalue weighted by molar-refractivity contribution is 0.0665. The normalized spacial score (nSPS) is 21.7. The van der Waals surface area contributed by atoms with Crippen molar-refractivity contribution in [3.05, 3.63) is 29.8 Å². The molecule has 0 amide bonds. The lowest BCUT2D eigenvalue weighted by Gasteiger charge is -2.38. The van der Waals surface area contributed by atoms with E-state index in [2.05, 4.69) is 43.6 Å². The van der Waals surface area contributed by atoms with Gasteiger partial charge in [0.2, 0.25) is 0 Å². The van der Waals surface area contributed by atoms with Crippen LogP contribution in [0.4, 0.5) is 0 Å². The second-order valence-electron chi connectivity index (χ2n) is 5.10. The zero-order chi connectivity index (χ0) is 12.3. The molecule has 2 rings (SSSR count). The Bertz CT molecular complexity index is 378. The van der Waals surface area contributed by atoms with Crippen molar-refractivity contribution in [2.45, 2.75) is 31.9 Å². The first kappa shape index (κ1) is 12.8. The van der Waals surface area contributed by atoms with Crippen LogP contribution >= 0.6 is 11.8 Å². The lowest BCUT2D eigenvalue weighted by Crippen LogP contribution is -2.40. The summed E-state index contributed by atoms with van der Waals surface area (Å²) in [6.07, 6.45) is 3.17. The fraction of sp³-hybridized carbons (Fsp3) is 0.571. The average Bonchev–Trinajstić information content (AvgIpc) is 2.28. The van der Waals surface area contributed by atoms with E-state index in [1.165, 1.54) is 5.56 Å². The molecule has 0 aliphatic carbocycles. The van der Waals surface area contributed by atoms with Crippen molar-refractivity contribution in [2.75, 3.05) is 18.6 Å². The fourth-order valence-electron chi connectivity index (χ4n) is 2.32. The molecule has 1 aliphatic rings. The minimum Gasteiger partial charge on any atom is -0.487 e. The van der Waals surface area contributed by atoms with Crippen molar-refractivity contribution < 1.29 is 4.74 Å². The van der Waals surface area contributed by atoms with Gasteiger partial charge in [0.1, 0.15) is 11.4 Å². The van der Waals surface area contributed by atoms with Crippen LogP contribution in [-0.4, -0.2) is 24.2 Å². The molecule has 0 saturated carbocycles. The van der Waals surface area contributed by atoms with E-state index < -0.39 is 0 Å². The van der Waals surface area contributed by atoms with E-state index in [0.717, 1.165) is 24.5 Å². The molecule has 1 N–H and O–H groups in total. The molecule has 0 bridgehead atoms. The number of hydrogen-bond acceptors (Lipinski definition) is 3. The maximum absolute atomic E-state index is 6.01. The van der Waals surface area contributed by atoms with Gasteiger partial charge >= 0.3 is 0 Å². The molecule has 1 aromatic carbocycles. The molecule has 0 aromatic heterocycles. The maximum atomic E-state index is 6.01. The molecule has 3 heteroatoms. The van der Waals surface area contributed by atoms with Crippen LogP contribution < -0.4 is 10.1 Å². The quantitative estimate of drug-likeness (QED) is 0.830. The fourth-order valence-corrected chi connectivity index (χ4v) is 2.64. The van der Waals surface area contributed by atoms with Crippen molar-refractivity contribution in [3.8, 4) is 5.75 Å². The van der Waals surface area contributed by atoms with Gasteiger partial charge in [-0.05, 0) is 26.2 Å². The molecule has 1 heterocycles. The molecule has 94 valence electrons. The first-order chi connectivity index (χ1) is 8.12. The summed E-state index contributed by atoms with van der Waals surface area (Å²) in [5.41, 5.74) is 1.22. The summed E-state index contributed by atoms with van der Waals surface area (Å²) in [6, 6.07) is 8.78. The third-order valence-electron chi connectivity index (χ3n) is 3.07. The van der Waals surface area contributed by atoms with E-state index in [4.69, 9.17) is 4.74 Å². The zero-order valence-corrected chi connectivity index (χ0v) is 11.6. The van der Waals surface area contributed by atoms with Crippen LogP contribution in [0.5, 0.6) is 5.75 Å². The van der Waals surface area contributed by atoms with Gasteiger partial charge in [-0.2, -0.15) is 11.8 Å². The second kappa shape index (κ2) is 5.32. The highest BCUT2D eigenvalue weighted by molar-refractivity contribution is 7.98. The van der Waals surface area contributed by atoms with Gasteiger partial charge in [0.15, 0.2) is 0 Å². The van der Waals surface area contributed by atoms with Gasteiger partial charge in [0.05, 0.1) is 0 Å². The number of fused-ring (bicyclic) bond motifs is 1. The number of ether oxygens (including phenoxy) is 1. The second-order valence-corrected chi connectivity index (χ2v) is 6.09. The Labute approximate surface area is 108 Å². The Balaban J connectivity index is 2.15. The van der Waals surface area contributed by atoms with Crippen molar-refractivity contribution >= 4 is 11.8 Å². The summed E-state index contributed by atoms with van der Waals surface area (Å²) in [5.74, 6) is 2.19. The van der Waals surface area contributed by atoms with Gasteiger partial charge in [0.25, 0.3) is 0 Å². The summed E-state index contributed by atoms with van der Waals surface area (Å²) < 4.78 is 6.01. The molecule has 0 saturated heterocycles. The van der Waals surface area contributed by atoms with Crippen molar-refractivity contribution in [2.24, 2.45) is 0 Å². The molecule has 17 heavy (non-hydrogen) atoms. The number of rotatable bonds is 4. The highest BCUT2D eigenvalue weighted by atomic mass is 32.2. The number of para-hydroxylation sites is 1. The number of benzene rings is 1. The average molecular weight is 251 g/mol. The monoisotopic (exact) mass is 251 g/mol. The number of thioether (sulfide) groups is 1. The summed E-state index contributed by atoms with van der Waals surface area (Å²) >= 11 is 1.88. The minimum atomic E-state index is -0.0780. The predicted octanol–water partition coefficient (Wildman–Crippen LogP) is 3.24. The maximum Gasteiger partial charge on any atom is 0.124 e. The van der Waals surface area contributed by atoms with Crippen LogP contribution in [-0.2, 0) is 0 Å². The first-order valence-corrected chi connectivity index (χ1v) is 7.52. The van der Waals surface area contributed by atoms with Crippen LogP contribution in [0.3, 0.4) is 0 Å². The number of hydrogen-bond donors (Lipinski definition) is 1. The summed E-state index contributed by atoms with van der Waals surface area (Å²) in [4.78, 5) is 0. The third-order valence-corrected chi connectivity index (χ3v) is 3.69. The molecular weight excluding hydrogens is 230 g/mol. The van der Waals surface area contributed by atoms with Crippen molar-refractivity contribution in [1.82, 2.24) is 5.32 Å². The molecule has 1 unspecified atom stereocenters. The summed E-state index contributed by atoms with van der Waals surface area (Å²) in [7, 11) is 0. The van der Waals surface area contributed by atoms with Gasteiger partial charge in [-0.15, -0.1) is 0 Å². The van der Waals surface area contributed by atoms with Crippen LogP contribution in [0.25, 0.3) is 0 Å². The molecule has 1 aromatic rings. The van der Waals surface area contributed by atoms with E-state index >= 15 is 0 Å². The Morgan fingerprint density at radius 1 is 1.41 bits per heavy atom. The van der Waals surface area contributed by atoms with Gasteiger partial charge in [-0.1, -0.05) is 18.2 Å². The van der Waals surface area contributed by atoms with E-state index in [-0.39, 0.29) is 5.60 Å². The first-order valence-electron chi connectivity index (χ1n) is 6.13. The SMILES string of the molecule is CSCCNC1CC(C)(C)Oc2ccccc21. The Hall–Kier alpha value is -0.670. The van der Waals surface area contributed by atoms with E-state index in [1.807, 2.05) is 17.8 Å². The van der Waals surface area contributed by atoms with E-state index in [0.29, 0.717) is 6.04 Å². The molecule has 0 radical (unpaired) electrons. The highest BCUT2D eigenvalue weighted by Gasteiger charge is 2.32. The summed E-state index contributed by atoms with van der Waals surface area (Å²) in [5, 5.41) is 3.63. The Morgan fingerprint density at radius 2 is 2.18 bits per heavy atom. The lowest BCUT2D eigenvalue weighted by atomic mass is 9.90. The van der Waals surface area contributed by atoms with Crippen LogP contribution in [0.15, 0.2) is 24.3 Å². The largest absolute Gasteiger partial charge is 0.487 e. The Kier molecular flexibility index (Phi) is 4.00. The molecule has 0 spiro atoms. The van der Waals surface area contributed by atoms with Crippen LogP contribution in [0.1, 0.15) is 31.9 Å². The van der Waals surface area contributed by atoms with Crippen molar-refractivity contribution in [1.29, 1.82) is 0 Å². The van der Waals surface area contributed by atoms with E-state index in [9.17, 15) is 0 Å². The standard InChI is InChI=1S/C14H21NOS/c1-14(2)10-12(15-8-9-17-3)11-6-4-5-7-13(11)16-14/h4-7,12,15H,8-10H2,1-3H3. The van der Waals surface area contributed by atoms with Crippen molar-refractivity contribution in [3.63, 3.8) is 0 Å². The van der Waals surface area contributed by atoms with Gasteiger partial charge in [-0.3, -0.25) is 0 Å². The topological polar surface area (TPSA) is 21.3 Å². The summed E-state index contributed by atoms with van der Waals surface area (Å²) in [6.45, 7) is 5.37. The van der Waals surface area contributed by atoms with Gasteiger partial charge < -0.3 is 10.1 Å². The molecule has 1 atom stereocenters. The molecular formula is C14H21NOS. The van der Waals surface area contributed by atoms with Crippen LogP contribution in [0.2, 0.25) is 0 Å². The molecule has 1 aliphatic heterocycles. The zero-order valence-electron chi connectivity index (χ0n) is 10.8. The smallest absolute Gasteiger partial charge is 0.124 e. The van der Waals surface area contributed by atoms with E-state index in [1.54, 1.807) is 0 Å². The number of nitrogens with one attached hydrogen (secondary N) is 1. The minimum absolute atomic E-state index is 0.0780. The molecule has 0 fully saturated rings. The predicted molar refractivity (Wildman–Crippen MR) is 74.9 cm³/mol. The van der Waals surface area contributed by atoms with Gasteiger partial charge in [-0.25, -0.2) is 0 Å². The Morgan fingerprint density at radius 3 is 2.94 bits per heavy atom. The van der Waals surface area contributed by atoms with Crippen LogP contribution in [0, 0.1) is 0 Å². The third kappa shape index (κ3) is 3.17. The highest BCUT2D eigenvalue weighted by Crippen LogP contribution is 2.38. The molecule has 2 nitrogen and oxygen atoms in total. The van der Waals surface area contributed by atoms with Gasteiger partial charge in [0, 0.05) is 30.3 Å².